The van der Waals surface area contributed by atoms with Gasteiger partial charge in [-0.05, 0) is 24.3 Å². The lowest BCUT2D eigenvalue weighted by atomic mass is 10.3. The van der Waals surface area contributed by atoms with Crippen LogP contribution in [0.2, 0.25) is 0 Å². The minimum Gasteiger partial charge on any atom is -0.503 e. The smallest absolute Gasteiger partial charge is 0.294 e. The molecule has 0 atom stereocenters. The molecule has 0 fully saturated rings. The lowest BCUT2D eigenvalue weighted by molar-refractivity contribution is 0.396. The van der Waals surface area contributed by atoms with Crippen LogP contribution in [0.25, 0.3) is 0 Å². The fourth-order valence-corrected chi connectivity index (χ4v) is 1.89. The van der Waals surface area contributed by atoms with Gasteiger partial charge in [-0.15, -0.1) is 0 Å². The maximum absolute atomic E-state index is 13.1. The molecule has 0 heterocycles. The van der Waals surface area contributed by atoms with Crippen LogP contribution in [0.4, 0.5) is 20.2 Å². The van der Waals surface area contributed by atoms with Gasteiger partial charge in [0.2, 0.25) is 0 Å². The first kappa shape index (κ1) is 15.0. The molecular weight excluding hydrogens is 306 g/mol. The van der Waals surface area contributed by atoms with E-state index in [9.17, 15) is 17.2 Å². The predicted molar refractivity (Wildman–Crippen MR) is 68.5 cm³/mol. The Labute approximate surface area is 118 Å². The van der Waals surface area contributed by atoms with E-state index in [-0.39, 0.29) is 16.3 Å². The predicted octanol–water partition coefficient (Wildman–Crippen LogP) is 3.33. The molecule has 21 heavy (non-hydrogen) atoms. The molecule has 0 spiro atoms. The van der Waals surface area contributed by atoms with E-state index in [4.69, 9.17) is 9.66 Å². The highest BCUT2D eigenvalue weighted by Gasteiger charge is 2.10. The fraction of sp³-hybridized carbons (Fsp3) is 0. The summed E-state index contributed by atoms with van der Waals surface area (Å²) in [5, 5.41) is 16.1. The van der Waals surface area contributed by atoms with Gasteiger partial charge >= 0.3 is 0 Å². The molecule has 0 aromatic heterocycles. The van der Waals surface area contributed by atoms with Crippen molar-refractivity contribution in [3.63, 3.8) is 0 Å². The largest absolute Gasteiger partial charge is 0.503 e. The topological polar surface area (TPSA) is 99.3 Å². The summed E-state index contributed by atoms with van der Waals surface area (Å²) >= 11 is 0. The number of halogens is 2. The van der Waals surface area contributed by atoms with Crippen molar-refractivity contribution in [1.29, 1.82) is 0 Å². The van der Waals surface area contributed by atoms with E-state index in [1.807, 2.05) is 0 Å². The van der Waals surface area contributed by atoms with Gasteiger partial charge in [0.1, 0.15) is 0 Å². The summed E-state index contributed by atoms with van der Waals surface area (Å²) in [7, 11) is -4.30. The minimum atomic E-state index is -4.30. The third-order valence-corrected chi connectivity index (χ3v) is 3.29. The van der Waals surface area contributed by atoms with Gasteiger partial charge in [0.05, 0.1) is 16.3 Å². The van der Waals surface area contributed by atoms with Crippen LogP contribution < -0.4 is 0 Å². The third-order valence-electron chi connectivity index (χ3n) is 2.42. The van der Waals surface area contributed by atoms with Gasteiger partial charge in [0.15, 0.2) is 17.4 Å². The van der Waals surface area contributed by atoms with Crippen LogP contribution >= 0.6 is 0 Å². The van der Waals surface area contributed by atoms with Gasteiger partial charge in [-0.1, -0.05) is 0 Å². The molecule has 2 N–H and O–H groups in total. The van der Waals surface area contributed by atoms with E-state index in [1.54, 1.807) is 0 Å². The molecule has 0 saturated carbocycles. The molecule has 0 unspecified atom stereocenters. The Morgan fingerprint density at radius 3 is 1.86 bits per heavy atom. The molecule has 6 nitrogen and oxygen atoms in total. The van der Waals surface area contributed by atoms with Crippen molar-refractivity contribution < 1.29 is 26.9 Å². The number of aromatic hydroxyl groups is 1. The Morgan fingerprint density at radius 2 is 1.38 bits per heavy atom. The number of rotatable bonds is 3. The van der Waals surface area contributed by atoms with E-state index in [1.165, 1.54) is 12.1 Å². The summed E-state index contributed by atoms with van der Waals surface area (Å²) in [4.78, 5) is -0.317. The molecule has 0 amide bonds. The number of hydrogen-bond acceptors (Lipinski definition) is 5. The molecule has 0 saturated heterocycles. The molecule has 0 bridgehead atoms. The van der Waals surface area contributed by atoms with Crippen molar-refractivity contribution in [1.82, 2.24) is 0 Å². The van der Waals surface area contributed by atoms with Crippen molar-refractivity contribution in [3.8, 4) is 5.75 Å². The van der Waals surface area contributed by atoms with Gasteiger partial charge in [-0.2, -0.15) is 18.6 Å². The summed E-state index contributed by atoms with van der Waals surface area (Å²) < 4.78 is 56.6. The maximum atomic E-state index is 13.1. The molecule has 2 aromatic carbocycles. The molecular formula is C12H8F2N2O4S. The van der Waals surface area contributed by atoms with Crippen LogP contribution in [0.3, 0.4) is 0 Å². The number of azo groups is 1. The van der Waals surface area contributed by atoms with Crippen molar-refractivity contribution in [2.45, 2.75) is 4.90 Å². The van der Waals surface area contributed by atoms with E-state index in [0.29, 0.717) is 0 Å². The first-order valence-corrected chi connectivity index (χ1v) is 6.88. The summed E-state index contributed by atoms with van der Waals surface area (Å²) in [6.07, 6.45) is 0. The van der Waals surface area contributed by atoms with Crippen LogP contribution in [0.5, 0.6) is 5.75 Å². The second kappa shape index (κ2) is 5.54. The second-order valence-corrected chi connectivity index (χ2v) is 5.35. The normalized spacial score (nSPS) is 12.0. The molecule has 110 valence electrons. The molecule has 0 aliphatic carbocycles. The Bertz CT molecular complexity index is 782. The van der Waals surface area contributed by atoms with Gasteiger partial charge < -0.3 is 5.11 Å². The van der Waals surface area contributed by atoms with Gasteiger partial charge in [-0.25, -0.2) is 8.78 Å². The number of benzene rings is 2. The highest BCUT2D eigenvalue weighted by Crippen LogP contribution is 2.27. The standard InChI is InChI=1S/C12H8F2N2O4S/c13-10-5-8(6-11(14)12(10)17)16-15-7-1-3-9(4-2-7)21(18,19)20/h1-6,17H,(H,18,19,20). The van der Waals surface area contributed by atoms with E-state index < -0.39 is 27.5 Å². The average molecular weight is 314 g/mol. The minimum absolute atomic E-state index is 0.165. The second-order valence-electron chi connectivity index (χ2n) is 3.93. The van der Waals surface area contributed by atoms with Crippen LogP contribution in [0.15, 0.2) is 51.5 Å². The van der Waals surface area contributed by atoms with Crippen LogP contribution in [-0.4, -0.2) is 18.1 Å². The van der Waals surface area contributed by atoms with Crippen LogP contribution in [0.1, 0.15) is 0 Å². The first-order chi connectivity index (χ1) is 9.77. The summed E-state index contributed by atoms with van der Waals surface area (Å²) in [6, 6.07) is 6.27. The lowest BCUT2D eigenvalue weighted by Crippen LogP contribution is -1.96. The maximum Gasteiger partial charge on any atom is 0.294 e. The number of hydrogen-bond donors (Lipinski definition) is 2. The quantitative estimate of drug-likeness (QED) is 0.670. The van der Waals surface area contributed by atoms with Gasteiger partial charge in [-0.3, -0.25) is 4.55 Å². The molecule has 0 radical (unpaired) electrons. The summed E-state index contributed by atoms with van der Waals surface area (Å²) in [5.41, 5.74) is 0.0398. The molecule has 0 aliphatic heterocycles. The monoisotopic (exact) mass is 314 g/mol. The van der Waals surface area contributed by atoms with Crippen molar-refractivity contribution >= 4 is 21.5 Å². The van der Waals surface area contributed by atoms with Crippen molar-refractivity contribution in [2.24, 2.45) is 10.2 Å². The Morgan fingerprint density at radius 1 is 0.905 bits per heavy atom. The van der Waals surface area contributed by atoms with Gasteiger partial charge in [0.25, 0.3) is 10.1 Å². The molecule has 0 aliphatic rings. The Balaban J connectivity index is 2.26. The zero-order valence-electron chi connectivity index (χ0n) is 10.2. The summed E-state index contributed by atoms with van der Waals surface area (Å²) in [6.45, 7) is 0. The first-order valence-electron chi connectivity index (χ1n) is 5.44. The van der Waals surface area contributed by atoms with E-state index in [0.717, 1.165) is 24.3 Å². The highest BCUT2D eigenvalue weighted by molar-refractivity contribution is 7.85. The number of phenols is 1. The lowest BCUT2D eigenvalue weighted by Gasteiger charge is -1.99. The third kappa shape index (κ3) is 3.58. The molecule has 9 heteroatoms. The Hall–Kier alpha value is -2.39. The SMILES string of the molecule is O=S(=O)(O)c1ccc(N=Nc2cc(F)c(O)c(F)c2)cc1. The van der Waals surface area contributed by atoms with E-state index >= 15 is 0 Å². The fourth-order valence-electron chi connectivity index (χ4n) is 1.41. The number of phenolic OH excluding ortho intramolecular Hbond substituents is 1. The zero-order valence-corrected chi connectivity index (χ0v) is 11.1. The molecule has 2 aromatic rings. The average Bonchev–Trinajstić information content (AvgIpc) is 2.42. The summed E-state index contributed by atoms with van der Waals surface area (Å²) in [5.74, 6) is -3.46. The molecule has 2 rings (SSSR count). The van der Waals surface area contributed by atoms with Gasteiger partial charge in [0, 0.05) is 12.1 Å². The zero-order chi connectivity index (χ0) is 15.6. The Kier molecular flexibility index (Phi) is 3.96. The van der Waals surface area contributed by atoms with E-state index in [2.05, 4.69) is 10.2 Å². The van der Waals surface area contributed by atoms with Crippen molar-refractivity contribution in [2.75, 3.05) is 0 Å². The number of nitrogens with zero attached hydrogens (tertiary/aromatic N) is 2. The highest BCUT2D eigenvalue weighted by atomic mass is 32.2. The van der Waals surface area contributed by atoms with Crippen LogP contribution in [-0.2, 0) is 10.1 Å². The van der Waals surface area contributed by atoms with Crippen molar-refractivity contribution in [3.05, 3.63) is 48.0 Å². The van der Waals surface area contributed by atoms with Crippen LogP contribution in [0, 0.1) is 11.6 Å².